The number of nitro groups is 1. The van der Waals surface area contributed by atoms with Gasteiger partial charge in [0.25, 0.3) is 0 Å². The first-order valence-electron chi connectivity index (χ1n) is 5.56. The van der Waals surface area contributed by atoms with E-state index in [4.69, 9.17) is 9.31 Å². The van der Waals surface area contributed by atoms with E-state index in [2.05, 4.69) is 0 Å². The van der Waals surface area contributed by atoms with Crippen LogP contribution in [0.1, 0.15) is 13.8 Å². The number of benzene rings is 1. The molecule has 0 N–H and O–H groups in total. The molecule has 1 heterocycles. The Bertz CT molecular complexity index is 470. The van der Waals surface area contributed by atoms with Crippen LogP contribution in [0, 0.1) is 21.3 Å². The van der Waals surface area contributed by atoms with Crippen LogP contribution >= 0.6 is 0 Å². The van der Waals surface area contributed by atoms with Crippen molar-refractivity contribution in [1.29, 1.82) is 0 Å². The minimum absolute atomic E-state index is 0.0809. The van der Waals surface area contributed by atoms with Crippen LogP contribution in [0.5, 0.6) is 0 Å². The van der Waals surface area contributed by atoms with Gasteiger partial charge in [-0.05, 0) is 11.5 Å². The average Bonchev–Trinajstić information content (AvgIpc) is 2.30. The quantitative estimate of drug-likeness (QED) is 0.455. The Labute approximate surface area is 104 Å². The lowest BCUT2D eigenvalue weighted by Gasteiger charge is -2.33. The molecule has 1 aliphatic rings. The Morgan fingerprint density at radius 3 is 2.56 bits per heavy atom. The van der Waals surface area contributed by atoms with E-state index < -0.39 is 23.5 Å². The maximum atomic E-state index is 13.2. The number of halogens is 1. The summed E-state index contributed by atoms with van der Waals surface area (Å²) in [6.07, 6.45) is 0. The maximum absolute atomic E-state index is 13.2. The van der Waals surface area contributed by atoms with Crippen LogP contribution in [0.15, 0.2) is 18.2 Å². The van der Waals surface area contributed by atoms with Crippen LogP contribution in [0.25, 0.3) is 0 Å². The summed E-state index contributed by atoms with van der Waals surface area (Å²) in [7, 11) is -0.669. The van der Waals surface area contributed by atoms with E-state index in [0.29, 0.717) is 18.7 Å². The fourth-order valence-corrected chi connectivity index (χ4v) is 1.70. The second-order valence-electron chi connectivity index (χ2n) is 5.09. The van der Waals surface area contributed by atoms with Crippen molar-refractivity contribution in [3.63, 3.8) is 0 Å². The largest absolute Gasteiger partial charge is 0.494 e. The summed E-state index contributed by atoms with van der Waals surface area (Å²) in [4.78, 5) is 9.89. The van der Waals surface area contributed by atoms with Gasteiger partial charge in [0.2, 0.25) is 0 Å². The lowest BCUT2D eigenvalue weighted by atomic mass is 9.76. The third-order valence-corrected chi connectivity index (χ3v) is 2.69. The molecule has 0 aromatic heterocycles. The molecule has 1 aromatic carbocycles. The first-order valence-corrected chi connectivity index (χ1v) is 5.56. The van der Waals surface area contributed by atoms with Gasteiger partial charge in [0, 0.05) is 24.7 Å². The topological polar surface area (TPSA) is 61.6 Å². The van der Waals surface area contributed by atoms with E-state index in [1.165, 1.54) is 6.07 Å². The molecule has 0 bridgehead atoms. The summed E-state index contributed by atoms with van der Waals surface area (Å²) in [5.41, 5.74) is -0.189. The second kappa shape index (κ2) is 4.66. The third-order valence-electron chi connectivity index (χ3n) is 2.69. The van der Waals surface area contributed by atoms with Crippen molar-refractivity contribution in [1.82, 2.24) is 0 Å². The molecule has 0 amide bonds. The Hall–Kier alpha value is -1.47. The number of nitro benzene ring substituents is 1. The molecule has 7 heteroatoms. The molecule has 1 saturated heterocycles. The molecule has 5 nitrogen and oxygen atoms in total. The molecule has 2 rings (SSSR count). The molecule has 1 aliphatic heterocycles. The standard InChI is InChI=1S/C11H13BFNO4/c1-11(2)6-17-12(18-7-11)8-3-4-9(13)10(5-8)14(15)16/h3-5H,6-7H2,1-2H3. The molecule has 0 unspecified atom stereocenters. The minimum Gasteiger partial charge on any atom is -0.407 e. The van der Waals surface area contributed by atoms with Gasteiger partial charge < -0.3 is 9.31 Å². The summed E-state index contributed by atoms with van der Waals surface area (Å²) >= 11 is 0. The molecule has 18 heavy (non-hydrogen) atoms. The highest BCUT2D eigenvalue weighted by atomic mass is 19.1. The zero-order chi connectivity index (χ0) is 13.3. The van der Waals surface area contributed by atoms with Gasteiger partial charge in [0.05, 0.1) is 4.92 Å². The van der Waals surface area contributed by atoms with Crippen molar-refractivity contribution < 1.29 is 18.6 Å². The average molecular weight is 253 g/mol. The van der Waals surface area contributed by atoms with Gasteiger partial charge in [-0.2, -0.15) is 4.39 Å². The van der Waals surface area contributed by atoms with Crippen molar-refractivity contribution in [2.24, 2.45) is 5.41 Å². The van der Waals surface area contributed by atoms with Crippen LogP contribution in [0.3, 0.4) is 0 Å². The van der Waals surface area contributed by atoms with Gasteiger partial charge in [-0.25, -0.2) is 0 Å². The first kappa shape index (κ1) is 13.0. The van der Waals surface area contributed by atoms with Crippen LogP contribution in [0.4, 0.5) is 10.1 Å². The monoisotopic (exact) mass is 253 g/mol. The molecule has 1 fully saturated rings. The van der Waals surface area contributed by atoms with E-state index in [1.807, 2.05) is 13.8 Å². The Balaban J connectivity index is 2.20. The molecule has 0 atom stereocenters. The summed E-state index contributed by atoms with van der Waals surface area (Å²) in [5, 5.41) is 10.6. The molecule has 1 aromatic rings. The van der Waals surface area contributed by atoms with Gasteiger partial charge in [-0.15, -0.1) is 0 Å². The SMILES string of the molecule is CC1(C)COB(c2ccc(F)c([N+](=O)[O-])c2)OC1. The van der Waals surface area contributed by atoms with Crippen LogP contribution in [-0.4, -0.2) is 25.3 Å². The molecule has 0 aliphatic carbocycles. The highest BCUT2D eigenvalue weighted by Gasteiger charge is 2.34. The van der Waals surface area contributed by atoms with Crippen molar-refractivity contribution in [3.05, 3.63) is 34.1 Å². The number of hydrogen-bond donors (Lipinski definition) is 0. The van der Waals surface area contributed by atoms with Crippen LogP contribution < -0.4 is 5.46 Å². The van der Waals surface area contributed by atoms with E-state index in [1.54, 1.807) is 0 Å². The van der Waals surface area contributed by atoms with E-state index >= 15 is 0 Å². The third kappa shape index (κ3) is 2.68. The number of hydrogen-bond acceptors (Lipinski definition) is 4. The van der Waals surface area contributed by atoms with Crippen molar-refractivity contribution in [2.45, 2.75) is 13.8 Å². The van der Waals surface area contributed by atoms with E-state index in [9.17, 15) is 14.5 Å². The van der Waals surface area contributed by atoms with E-state index in [0.717, 1.165) is 12.1 Å². The molecule has 96 valence electrons. The van der Waals surface area contributed by atoms with Gasteiger partial charge in [0.1, 0.15) is 0 Å². The highest BCUT2D eigenvalue weighted by molar-refractivity contribution is 6.61. The van der Waals surface area contributed by atoms with Gasteiger partial charge in [-0.3, -0.25) is 10.1 Å². The smallest absolute Gasteiger partial charge is 0.407 e. The zero-order valence-corrected chi connectivity index (χ0v) is 10.2. The fourth-order valence-electron chi connectivity index (χ4n) is 1.70. The Kier molecular flexibility index (Phi) is 3.36. The fraction of sp³-hybridized carbons (Fsp3) is 0.455. The zero-order valence-electron chi connectivity index (χ0n) is 10.2. The lowest BCUT2D eigenvalue weighted by molar-refractivity contribution is -0.387. The van der Waals surface area contributed by atoms with Gasteiger partial charge in [-0.1, -0.05) is 19.9 Å². The van der Waals surface area contributed by atoms with Crippen LogP contribution in [0.2, 0.25) is 0 Å². The second-order valence-corrected chi connectivity index (χ2v) is 5.09. The summed E-state index contributed by atoms with van der Waals surface area (Å²) in [6.45, 7) is 4.97. The summed E-state index contributed by atoms with van der Waals surface area (Å²) in [6, 6.07) is 3.64. The Morgan fingerprint density at radius 2 is 2.00 bits per heavy atom. The van der Waals surface area contributed by atoms with Crippen molar-refractivity contribution >= 4 is 18.3 Å². The van der Waals surface area contributed by atoms with Crippen LogP contribution in [-0.2, 0) is 9.31 Å². The Morgan fingerprint density at radius 1 is 1.39 bits per heavy atom. The molecule has 0 radical (unpaired) electrons. The number of nitrogens with zero attached hydrogens (tertiary/aromatic N) is 1. The first-order chi connectivity index (χ1) is 8.39. The highest BCUT2D eigenvalue weighted by Crippen LogP contribution is 2.22. The summed E-state index contributed by atoms with van der Waals surface area (Å²) in [5.74, 6) is -0.861. The molecule has 0 spiro atoms. The molecular formula is C11H13BFNO4. The number of rotatable bonds is 2. The maximum Gasteiger partial charge on any atom is 0.494 e. The predicted octanol–water partition coefficient (Wildman–Crippen LogP) is 1.50. The normalized spacial score (nSPS) is 18.7. The lowest BCUT2D eigenvalue weighted by Crippen LogP contribution is -2.47. The minimum atomic E-state index is -0.861. The van der Waals surface area contributed by atoms with Gasteiger partial charge >= 0.3 is 12.8 Å². The summed E-state index contributed by atoms with van der Waals surface area (Å²) < 4.78 is 24.2. The van der Waals surface area contributed by atoms with Crippen molar-refractivity contribution in [2.75, 3.05) is 13.2 Å². The molecule has 0 saturated carbocycles. The van der Waals surface area contributed by atoms with Crippen molar-refractivity contribution in [3.8, 4) is 0 Å². The molecular weight excluding hydrogens is 240 g/mol. The van der Waals surface area contributed by atoms with E-state index in [-0.39, 0.29) is 5.41 Å². The van der Waals surface area contributed by atoms with Gasteiger partial charge in [0.15, 0.2) is 5.82 Å². The predicted molar refractivity (Wildman–Crippen MR) is 64.1 cm³/mol.